The fourth-order valence-electron chi connectivity index (χ4n) is 4.05. The van der Waals surface area contributed by atoms with E-state index in [2.05, 4.69) is 17.1 Å². The Bertz CT molecular complexity index is 698. The van der Waals surface area contributed by atoms with Crippen molar-refractivity contribution in [3.63, 3.8) is 0 Å². The second-order valence-electron chi connectivity index (χ2n) is 7.15. The van der Waals surface area contributed by atoms with Crippen molar-refractivity contribution in [2.75, 3.05) is 44.7 Å². The Kier molecular flexibility index (Phi) is 5.96. The molecule has 8 heteroatoms. The minimum atomic E-state index is -0.833. The molecule has 0 spiro atoms. The predicted octanol–water partition coefficient (Wildman–Crippen LogP) is 2.03. The fourth-order valence-corrected chi connectivity index (χ4v) is 4.05. The maximum Gasteiger partial charge on any atom is 0.321 e. The summed E-state index contributed by atoms with van der Waals surface area (Å²) < 4.78 is 19.3. The van der Waals surface area contributed by atoms with Crippen LogP contribution < -0.4 is 11.1 Å². The summed E-state index contributed by atoms with van der Waals surface area (Å²) in [5, 5.41) is 2.70. The molecule has 3 N–H and O–H groups in total. The number of urea groups is 1. The van der Waals surface area contributed by atoms with Crippen LogP contribution in [0.1, 0.15) is 36.5 Å². The van der Waals surface area contributed by atoms with Gasteiger partial charge in [-0.3, -0.25) is 9.69 Å². The number of rotatable bonds is 4. The number of amides is 3. The van der Waals surface area contributed by atoms with Gasteiger partial charge in [-0.05, 0) is 37.5 Å². The SMILES string of the molecule is CCC1(N2CCOCC2)CCN(C(=O)Nc2ccc(C(N)=O)c(F)c2)CC1. The molecule has 2 saturated heterocycles. The number of carbonyl (C=O) groups is 2. The van der Waals surface area contributed by atoms with E-state index in [0.717, 1.165) is 51.6 Å². The maximum atomic E-state index is 13.9. The quantitative estimate of drug-likeness (QED) is 0.839. The summed E-state index contributed by atoms with van der Waals surface area (Å²) in [5.41, 5.74) is 5.34. The highest BCUT2D eigenvalue weighted by molar-refractivity contribution is 5.94. The highest BCUT2D eigenvalue weighted by Gasteiger charge is 2.39. The third kappa shape index (κ3) is 4.22. The van der Waals surface area contributed by atoms with Gasteiger partial charge in [-0.15, -0.1) is 0 Å². The minimum Gasteiger partial charge on any atom is -0.379 e. The van der Waals surface area contributed by atoms with Gasteiger partial charge in [-0.2, -0.15) is 0 Å². The van der Waals surface area contributed by atoms with Gasteiger partial charge in [-0.25, -0.2) is 9.18 Å². The largest absolute Gasteiger partial charge is 0.379 e. The van der Waals surface area contributed by atoms with Crippen LogP contribution in [-0.2, 0) is 4.74 Å². The molecule has 0 unspecified atom stereocenters. The van der Waals surface area contributed by atoms with Gasteiger partial charge in [0, 0.05) is 37.4 Å². The van der Waals surface area contributed by atoms with E-state index in [1.54, 1.807) is 4.90 Å². The highest BCUT2D eigenvalue weighted by Crippen LogP contribution is 2.33. The molecule has 0 atom stereocenters. The summed E-state index contributed by atoms with van der Waals surface area (Å²) in [7, 11) is 0. The molecule has 7 nitrogen and oxygen atoms in total. The number of halogens is 1. The van der Waals surface area contributed by atoms with Crippen LogP contribution in [-0.4, -0.2) is 66.7 Å². The van der Waals surface area contributed by atoms with Crippen LogP contribution in [0.4, 0.5) is 14.9 Å². The van der Waals surface area contributed by atoms with E-state index in [4.69, 9.17) is 10.5 Å². The summed E-state index contributed by atoms with van der Waals surface area (Å²) in [5.74, 6) is -1.57. The second-order valence-corrected chi connectivity index (χ2v) is 7.15. The van der Waals surface area contributed by atoms with Crippen molar-refractivity contribution in [2.24, 2.45) is 5.73 Å². The van der Waals surface area contributed by atoms with Crippen LogP contribution in [0.5, 0.6) is 0 Å². The first-order chi connectivity index (χ1) is 12.9. The first-order valence-electron chi connectivity index (χ1n) is 9.43. The summed E-state index contributed by atoms with van der Waals surface area (Å²) in [6, 6.07) is 3.62. The first kappa shape index (κ1) is 19.6. The minimum absolute atomic E-state index is 0.121. The summed E-state index contributed by atoms with van der Waals surface area (Å²) in [4.78, 5) is 27.9. The number of nitrogens with one attached hydrogen (secondary N) is 1. The van der Waals surface area contributed by atoms with Crippen LogP contribution in [0.2, 0.25) is 0 Å². The molecule has 148 valence electrons. The normalized spacial score (nSPS) is 20.3. The Labute approximate surface area is 158 Å². The molecule has 1 aromatic rings. The zero-order valence-electron chi connectivity index (χ0n) is 15.7. The van der Waals surface area contributed by atoms with E-state index < -0.39 is 11.7 Å². The molecular weight excluding hydrogens is 351 g/mol. The second kappa shape index (κ2) is 8.22. The molecule has 3 amide bonds. The standard InChI is InChI=1S/C19H27FN4O3/c1-2-19(24-9-11-27-12-10-24)5-7-23(8-6-19)18(26)22-14-3-4-15(17(21)25)16(20)13-14/h3-4,13H,2,5-12H2,1H3,(H2,21,25)(H,22,26). The molecule has 0 aromatic heterocycles. The third-order valence-electron chi connectivity index (χ3n) is 5.81. The van der Waals surface area contributed by atoms with Gasteiger partial charge < -0.3 is 20.7 Å². The van der Waals surface area contributed by atoms with Gasteiger partial charge in [0.2, 0.25) is 0 Å². The van der Waals surface area contributed by atoms with E-state index in [-0.39, 0.29) is 17.1 Å². The molecule has 1 aromatic carbocycles. The van der Waals surface area contributed by atoms with Crippen molar-refractivity contribution < 1.29 is 18.7 Å². The van der Waals surface area contributed by atoms with E-state index >= 15 is 0 Å². The molecule has 0 saturated carbocycles. The highest BCUT2D eigenvalue weighted by atomic mass is 19.1. The number of hydrogen-bond donors (Lipinski definition) is 2. The molecule has 2 aliphatic heterocycles. The van der Waals surface area contributed by atoms with Gasteiger partial charge >= 0.3 is 6.03 Å². The maximum absolute atomic E-state index is 13.9. The smallest absolute Gasteiger partial charge is 0.321 e. The summed E-state index contributed by atoms with van der Waals surface area (Å²) >= 11 is 0. The monoisotopic (exact) mass is 378 g/mol. The Morgan fingerprint density at radius 2 is 1.89 bits per heavy atom. The zero-order valence-corrected chi connectivity index (χ0v) is 15.7. The molecule has 2 heterocycles. The first-order valence-corrected chi connectivity index (χ1v) is 9.43. The van der Waals surface area contributed by atoms with Crippen molar-refractivity contribution in [3.8, 4) is 0 Å². The number of piperidine rings is 1. The van der Waals surface area contributed by atoms with Gasteiger partial charge in [0.15, 0.2) is 0 Å². The van der Waals surface area contributed by atoms with Gasteiger partial charge in [0.25, 0.3) is 5.91 Å². The van der Waals surface area contributed by atoms with Gasteiger partial charge in [-0.1, -0.05) is 6.92 Å². The number of hydrogen-bond acceptors (Lipinski definition) is 4. The van der Waals surface area contributed by atoms with E-state index in [9.17, 15) is 14.0 Å². The van der Waals surface area contributed by atoms with E-state index in [1.807, 2.05) is 0 Å². The third-order valence-corrected chi connectivity index (χ3v) is 5.81. The number of nitrogens with zero attached hydrogens (tertiary/aromatic N) is 2. The van der Waals surface area contributed by atoms with Crippen molar-refractivity contribution in [1.82, 2.24) is 9.80 Å². The van der Waals surface area contributed by atoms with Crippen molar-refractivity contribution >= 4 is 17.6 Å². The number of morpholine rings is 1. The molecule has 27 heavy (non-hydrogen) atoms. The lowest BCUT2D eigenvalue weighted by Gasteiger charge is -2.49. The Morgan fingerprint density at radius 1 is 1.22 bits per heavy atom. The lowest BCUT2D eigenvalue weighted by atomic mass is 9.83. The molecule has 2 fully saturated rings. The van der Waals surface area contributed by atoms with Gasteiger partial charge in [0.05, 0.1) is 18.8 Å². The van der Waals surface area contributed by atoms with Crippen LogP contribution >= 0.6 is 0 Å². The lowest BCUT2D eigenvalue weighted by Crippen LogP contribution is -2.59. The predicted molar refractivity (Wildman–Crippen MR) is 100 cm³/mol. The lowest BCUT2D eigenvalue weighted by molar-refractivity contribution is -0.0449. The number of likely N-dealkylation sites (tertiary alicyclic amines) is 1. The van der Waals surface area contributed by atoms with Crippen molar-refractivity contribution in [1.29, 1.82) is 0 Å². The number of benzene rings is 1. The Morgan fingerprint density at radius 3 is 2.44 bits per heavy atom. The van der Waals surface area contributed by atoms with Crippen molar-refractivity contribution in [3.05, 3.63) is 29.6 Å². The van der Waals surface area contributed by atoms with Gasteiger partial charge in [0.1, 0.15) is 5.82 Å². The molecule has 0 bridgehead atoms. The Hall–Kier alpha value is -2.19. The van der Waals surface area contributed by atoms with E-state index in [1.165, 1.54) is 12.1 Å². The molecular formula is C19H27FN4O3. The number of primary amides is 1. The molecule has 0 aliphatic carbocycles. The van der Waals surface area contributed by atoms with Crippen molar-refractivity contribution in [2.45, 2.75) is 31.7 Å². The number of anilines is 1. The van der Waals surface area contributed by atoms with Crippen LogP contribution in [0.3, 0.4) is 0 Å². The Balaban J connectivity index is 1.59. The average Bonchev–Trinajstić information content (AvgIpc) is 2.68. The molecule has 3 rings (SSSR count). The molecule has 2 aliphatic rings. The van der Waals surface area contributed by atoms with Crippen LogP contribution in [0.15, 0.2) is 18.2 Å². The summed E-state index contributed by atoms with van der Waals surface area (Å²) in [6.07, 6.45) is 2.86. The van der Waals surface area contributed by atoms with Crippen LogP contribution in [0.25, 0.3) is 0 Å². The van der Waals surface area contributed by atoms with Crippen LogP contribution in [0, 0.1) is 5.82 Å². The number of ether oxygens (including phenoxy) is 1. The fraction of sp³-hybridized carbons (Fsp3) is 0.579. The zero-order chi connectivity index (χ0) is 19.4. The topological polar surface area (TPSA) is 87.9 Å². The number of nitrogens with two attached hydrogens (primary N) is 1. The average molecular weight is 378 g/mol. The van der Waals surface area contributed by atoms with E-state index in [0.29, 0.717) is 18.8 Å². The molecule has 0 radical (unpaired) electrons. The summed E-state index contributed by atoms with van der Waals surface area (Å²) in [6.45, 7) is 6.90. The number of carbonyl (C=O) groups excluding carboxylic acids is 2.